The van der Waals surface area contributed by atoms with Gasteiger partial charge in [0.2, 0.25) is 0 Å². The number of nitrogens with zero attached hydrogens (tertiary/aromatic N) is 2. The zero-order chi connectivity index (χ0) is 37.4. The van der Waals surface area contributed by atoms with E-state index in [-0.39, 0.29) is 63.6 Å². The number of thiophene rings is 2. The quantitative estimate of drug-likeness (QED) is 0.202. The topological polar surface area (TPSA) is 93.0 Å². The number of ketones is 4. The van der Waals surface area contributed by atoms with Gasteiger partial charge in [0.15, 0.2) is 34.6 Å². The van der Waals surface area contributed by atoms with Gasteiger partial charge in [-0.05, 0) is 132 Å². The predicted molar refractivity (Wildman–Crippen MR) is 224 cm³/mol. The highest BCUT2D eigenvalue weighted by Gasteiger charge is 2.54. The molecule has 8 aliphatic carbocycles. The van der Waals surface area contributed by atoms with Gasteiger partial charge >= 0.3 is 0 Å². The normalized spacial score (nSPS) is 33.1. The van der Waals surface area contributed by atoms with Crippen LogP contribution in [0.3, 0.4) is 0 Å². The average molecular weight is 781 g/mol. The van der Waals surface area contributed by atoms with Gasteiger partial charge in [0.25, 0.3) is 0 Å². The highest BCUT2D eigenvalue weighted by atomic mass is 32.1. The molecule has 286 valence electrons. The van der Waals surface area contributed by atoms with Crippen LogP contribution in [0.1, 0.15) is 120 Å². The summed E-state index contributed by atoms with van der Waals surface area (Å²) < 4.78 is 2.25. The Morgan fingerprint density at radius 3 is 1.21 bits per heavy atom. The van der Waals surface area contributed by atoms with Crippen LogP contribution in [0, 0.1) is 47.3 Å². The molecule has 8 atom stereocenters. The summed E-state index contributed by atoms with van der Waals surface area (Å²) >= 11 is 3.17. The molecular formula is C48H48N2O4S2. The van der Waals surface area contributed by atoms with Crippen LogP contribution in [-0.4, -0.2) is 34.6 Å². The van der Waals surface area contributed by atoms with E-state index in [2.05, 4.69) is 36.4 Å². The Hall–Kier alpha value is -3.62. The average Bonchev–Trinajstić information content (AvgIpc) is 3.98. The van der Waals surface area contributed by atoms with Crippen LogP contribution in [0.4, 0.5) is 10.0 Å². The summed E-state index contributed by atoms with van der Waals surface area (Å²) in [4.78, 5) is 64.6. The summed E-state index contributed by atoms with van der Waals surface area (Å²) in [6, 6.07) is 13.7. The molecule has 2 heterocycles. The molecular weight excluding hydrogens is 733 g/mol. The largest absolute Gasteiger partial charge is 0.292 e. The van der Waals surface area contributed by atoms with Crippen molar-refractivity contribution in [1.29, 1.82) is 0 Å². The maximum atomic E-state index is 13.7. The van der Waals surface area contributed by atoms with Crippen LogP contribution in [0.25, 0.3) is 31.3 Å². The minimum atomic E-state index is -0.171. The third-order valence-electron chi connectivity index (χ3n) is 16.4. The van der Waals surface area contributed by atoms with Gasteiger partial charge in [-0.1, -0.05) is 70.6 Å². The maximum absolute atomic E-state index is 13.7. The predicted octanol–water partition coefficient (Wildman–Crippen LogP) is 11.5. The summed E-state index contributed by atoms with van der Waals surface area (Å²) in [6.07, 6.45) is 19.1. The SMILES string of the molecule is O=C1C(=Nc2cc3cc4c(cc3s2)-c2cc3sc(N=C5C(=O)C6CC7CCCCC7CC6C5=O)cc3cc2C42CCCCC2)C(=O)C2CC3CCCCC3CC12. The number of benzene rings is 2. The molecule has 8 unspecified atom stereocenters. The Bertz CT molecular complexity index is 2250. The molecule has 2 aromatic heterocycles. The van der Waals surface area contributed by atoms with Crippen molar-refractivity contribution in [2.45, 2.75) is 115 Å². The zero-order valence-electron chi connectivity index (χ0n) is 31.9. The summed E-state index contributed by atoms with van der Waals surface area (Å²) in [5, 5.41) is 3.78. The van der Waals surface area contributed by atoms with Crippen molar-refractivity contribution in [2.24, 2.45) is 57.3 Å². The van der Waals surface area contributed by atoms with E-state index in [1.807, 2.05) is 0 Å². The van der Waals surface area contributed by atoms with Crippen LogP contribution in [0.15, 0.2) is 46.4 Å². The Morgan fingerprint density at radius 1 is 0.464 bits per heavy atom. The van der Waals surface area contributed by atoms with Gasteiger partial charge in [-0.25, -0.2) is 9.98 Å². The molecule has 4 aromatic rings. The van der Waals surface area contributed by atoms with Crippen molar-refractivity contribution in [1.82, 2.24) is 0 Å². The van der Waals surface area contributed by atoms with Crippen molar-refractivity contribution in [3.63, 3.8) is 0 Å². The Labute approximate surface area is 335 Å². The first-order chi connectivity index (χ1) is 27.3. The minimum absolute atomic E-state index is 0.0127. The first-order valence-corrected chi connectivity index (χ1v) is 23.5. The van der Waals surface area contributed by atoms with Crippen molar-refractivity contribution in [3.05, 3.63) is 47.5 Å². The standard InChI is InChI=1S/C48H48N2O4S2/c51-44-32-14-24-8-2-3-9-25(24)15-33(32)45(52)42(44)49-40-20-28-18-36-30(22-38(28)55-40)31-23-39-29(19-37(31)48(36)12-6-1-7-13-48)21-41(56-39)50-43-46(53)34-16-26-10-4-5-11-27(26)17-35(34)47(43)54/h18-27,32-35H,1-17H2. The molecule has 0 amide bonds. The van der Waals surface area contributed by atoms with E-state index >= 15 is 0 Å². The van der Waals surface area contributed by atoms with Gasteiger partial charge in [0.05, 0.1) is 0 Å². The molecule has 2 aromatic carbocycles. The highest BCUT2D eigenvalue weighted by molar-refractivity contribution is 7.23. The van der Waals surface area contributed by atoms with E-state index in [4.69, 9.17) is 9.98 Å². The van der Waals surface area contributed by atoms with Crippen LogP contribution in [0.5, 0.6) is 0 Å². The molecule has 56 heavy (non-hydrogen) atoms. The number of carbonyl (C=O) groups excluding carboxylic acids is 4. The summed E-state index contributed by atoms with van der Waals surface area (Å²) in [5.74, 6) is 1.63. The minimum Gasteiger partial charge on any atom is -0.292 e. The number of rotatable bonds is 2. The molecule has 0 aliphatic heterocycles. The van der Waals surface area contributed by atoms with Crippen LogP contribution in [0.2, 0.25) is 0 Å². The number of Topliss-reactive ketones (excluding diaryl/α,β-unsaturated/α-hetero) is 4. The monoisotopic (exact) mass is 780 g/mol. The lowest BCUT2D eigenvalue weighted by atomic mass is 9.64. The van der Waals surface area contributed by atoms with Gasteiger partial charge in [-0.2, -0.15) is 0 Å². The number of aliphatic imine (C=N–C) groups is 2. The zero-order valence-corrected chi connectivity index (χ0v) is 33.6. The summed E-state index contributed by atoms with van der Waals surface area (Å²) in [5.41, 5.74) is 5.65. The fraction of sp³-hybridized carbons (Fsp3) is 0.542. The van der Waals surface area contributed by atoms with E-state index in [0.29, 0.717) is 23.7 Å². The van der Waals surface area contributed by atoms with Crippen molar-refractivity contribution in [3.8, 4) is 11.1 Å². The Kier molecular flexibility index (Phi) is 7.80. The van der Waals surface area contributed by atoms with Gasteiger partial charge in [0, 0.05) is 38.5 Å². The number of hydrogen-bond donors (Lipinski definition) is 0. The van der Waals surface area contributed by atoms with Crippen LogP contribution >= 0.6 is 22.7 Å². The molecule has 8 aliphatic rings. The van der Waals surface area contributed by atoms with E-state index < -0.39 is 0 Å². The number of fused-ring (bicyclic) bond motifs is 11. The second kappa shape index (κ2) is 12.7. The summed E-state index contributed by atoms with van der Waals surface area (Å²) in [7, 11) is 0. The Balaban J connectivity index is 0.892. The van der Waals surface area contributed by atoms with Crippen LogP contribution in [-0.2, 0) is 24.6 Å². The second-order valence-electron chi connectivity index (χ2n) is 19.0. The summed E-state index contributed by atoms with van der Waals surface area (Å²) in [6.45, 7) is 0. The molecule has 0 bridgehead atoms. The fourth-order valence-corrected chi connectivity index (χ4v) is 15.6. The van der Waals surface area contributed by atoms with E-state index in [9.17, 15) is 19.2 Å². The Morgan fingerprint density at radius 2 is 0.839 bits per heavy atom. The molecule has 7 saturated carbocycles. The van der Waals surface area contributed by atoms with Gasteiger partial charge in [0.1, 0.15) is 10.0 Å². The third-order valence-corrected chi connectivity index (χ3v) is 18.4. The fourth-order valence-electron chi connectivity index (χ4n) is 13.6. The van der Waals surface area contributed by atoms with E-state index in [1.54, 1.807) is 22.7 Å². The van der Waals surface area contributed by atoms with Crippen LogP contribution < -0.4 is 0 Å². The van der Waals surface area contributed by atoms with Crippen molar-refractivity contribution < 1.29 is 19.2 Å². The van der Waals surface area contributed by atoms with E-state index in [0.717, 1.165) is 68.7 Å². The lowest BCUT2D eigenvalue weighted by Gasteiger charge is -2.39. The molecule has 0 radical (unpaired) electrons. The molecule has 6 nitrogen and oxygen atoms in total. The lowest BCUT2D eigenvalue weighted by molar-refractivity contribution is -0.123. The number of carbonyl (C=O) groups is 4. The third kappa shape index (κ3) is 5.02. The van der Waals surface area contributed by atoms with E-state index in [1.165, 1.54) is 92.9 Å². The molecule has 1 spiro atoms. The molecule has 12 rings (SSSR count). The molecule has 7 fully saturated rings. The lowest BCUT2D eigenvalue weighted by Crippen LogP contribution is -2.35. The van der Waals surface area contributed by atoms with Gasteiger partial charge in [-0.3, -0.25) is 19.2 Å². The first-order valence-electron chi connectivity index (χ1n) is 21.8. The second-order valence-corrected chi connectivity index (χ2v) is 21.2. The highest BCUT2D eigenvalue weighted by Crippen LogP contribution is 2.59. The number of hydrogen-bond acceptors (Lipinski definition) is 8. The molecule has 8 heteroatoms. The van der Waals surface area contributed by atoms with Gasteiger partial charge < -0.3 is 0 Å². The molecule has 0 N–H and O–H groups in total. The van der Waals surface area contributed by atoms with Crippen molar-refractivity contribution >= 4 is 87.4 Å². The molecule has 0 saturated heterocycles. The first kappa shape index (κ1) is 34.4. The van der Waals surface area contributed by atoms with Gasteiger partial charge in [-0.15, -0.1) is 22.7 Å². The smallest absolute Gasteiger partial charge is 0.188 e. The van der Waals surface area contributed by atoms with Crippen molar-refractivity contribution in [2.75, 3.05) is 0 Å². The maximum Gasteiger partial charge on any atom is 0.188 e.